The van der Waals surface area contributed by atoms with Gasteiger partial charge in [0, 0.05) is 0 Å². The van der Waals surface area contributed by atoms with Crippen LogP contribution in [0.2, 0.25) is 0 Å². The van der Waals surface area contributed by atoms with E-state index in [-0.39, 0.29) is 37.7 Å². The van der Waals surface area contributed by atoms with Crippen LogP contribution in [-0.4, -0.2) is 0 Å². The zero-order valence-corrected chi connectivity index (χ0v) is 9.62. The van der Waals surface area contributed by atoms with Gasteiger partial charge in [0.1, 0.15) is 0 Å². The molecule has 0 unspecified atom stereocenters. The van der Waals surface area contributed by atoms with Crippen LogP contribution >= 0.6 is 0 Å². The maximum Gasteiger partial charge on any atom is 1.00 e. The second kappa shape index (κ2) is 5.63. The van der Waals surface area contributed by atoms with E-state index >= 15 is 0 Å². The molecule has 0 atom stereocenters. The summed E-state index contributed by atoms with van der Waals surface area (Å²) >= 11 is 0. The molecule has 0 amide bonds. The largest absolute Gasteiger partial charge is 1.00 e. The number of hydrogen-bond donors (Lipinski definition) is 0. The van der Waals surface area contributed by atoms with Crippen LogP contribution in [0.25, 0.3) is 21.5 Å². The molecule has 0 aliphatic heterocycles. The summed E-state index contributed by atoms with van der Waals surface area (Å²) in [6, 6.07) is 22.9. The quantitative estimate of drug-likeness (QED) is 0.211. The van der Waals surface area contributed by atoms with E-state index in [2.05, 4.69) is 36.4 Å². The fourth-order valence-electron chi connectivity index (χ4n) is 1.74. The summed E-state index contributed by atoms with van der Waals surface area (Å²) in [5.41, 5.74) is 0. The summed E-state index contributed by atoms with van der Waals surface area (Å²) in [6.45, 7) is 0. The first kappa shape index (κ1) is 13.4. The molecule has 0 bridgehead atoms. The van der Waals surface area contributed by atoms with Crippen molar-refractivity contribution in [1.29, 1.82) is 0 Å². The molecule has 0 aliphatic rings. The predicted molar refractivity (Wildman–Crippen MR) is 59.1 cm³/mol. The summed E-state index contributed by atoms with van der Waals surface area (Å²) in [6.07, 6.45) is 0. The molecular weight excluding hydrogens is 182 g/mol. The van der Waals surface area contributed by atoms with E-state index in [4.69, 9.17) is 0 Å². The van der Waals surface area contributed by atoms with Crippen LogP contribution in [-0.2, 0) is 0 Å². The molecule has 0 nitrogen and oxygen atoms in total. The number of hydrogen-bond acceptors (Lipinski definition) is 0. The number of fused-ring (bicyclic) bond motifs is 2. The van der Waals surface area contributed by atoms with Crippen molar-refractivity contribution in [2.75, 3.05) is 0 Å². The summed E-state index contributed by atoms with van der Waals surface area (Å²) in [5.74, 6) is 0. The minimum atomic E-state index is 0. The first-order valence-corrected chi connectivity index (χ1v) is 4.64. The van der Waals surface area contributed by atoms with Crippen molar-refractivity contribution in [3.8, 4) is 0 Å². The third kappa shape index (κ3) is 2.37. The molecule has 3 aromatic carbocycles. The Morgan fingerprint density at radius 1 is 0.688 bits per heavy atom. The Morgan fingerprint density at radius 2 is 1.19 bits per heavy atom. The summed E-state index contributed by atoms with van der Waals surface area (Å²) in [7, 11) is 0. The molecule has 0 saturated heterocycles. The molecule has 16 heavy (non-hydrogen) atoms. The molecule has 0 fully saturated rings. The first-order valence-electron chi connectivity index (χ1n) is 4.64. The van der Waals surface area contributed by atoms with Gasteiger partial charge in [-0.1, -0.05) is 0 Å². The molecule has 0 spiro atoms. The number of rotatable bonds is 0. The molecule has 2 heteroatoms. The third-order valence-electron chi connectivity index (χ3n) is 2.44. The molecule has 0 heterocycles. The molecule has 0 aliphatic carbocycles. The molecule has 0 N–H and O–H groups in total. The van der Waals surface area contributed by atoms with Crippen molar-refractivity contribution >= 4 is 21.5 Å². The smallest absolute Gasteiger partial charge is 0.147 e. The van der Waals surface area contributed by atoms with E-state index in [1.54, 1.807) is 0 Å². The fourth-order valence-corrected chi connectivity index (χ4v) is 1.74. The first-order chi connectivity index (χ1) is 6.93. The second-order valence-corrected chi connectivity index (χ2v) is 3.37. The van der Waals surface area contributed by atoms with E-state index < -0.39 is 0 Å². The summed E-state index contributed by atoms with van der Waals surface area (Å²) < 4.78 is 0. The van der Waals surface area contributed by atoms with Crippen molar-refractivity contribution in [3.05, 3.63) is 60.7 Å². The van der Waals surface area contributed by atoms with Gasteiger partial charge >= 0.3 is 37.7 Å². The van der Waals surface area contributed by atoms with Gasteiger partial charge < -0.3 is 0 Å². The maximum absolute atomic E-state index is 3.22. The van der Waals surface area contributed by atoms with Crippen molar-refractivity contribution < 1.29 is 37.7 Å². The Bertz CT molecular complexity index is 497. The van der Waals surface area contributed by atoms with Crippen LogP contribution in [0.15, 0.2) is 48.5 Å². The molecule has 3 rings (SSSR count). The van der Waals surface area contributed by atoms with Crippen LogP contribution in [0.5, 0.6) is 0 Å². The Balaban J connectivity index is 0.000000640. The summed E-state index contributed by atoms with van der Waals surface area (Å²) in [4.78, 5) is 0. The minimum absolute atomic E-state index is 0. The second-order valence-electron chi connectivity index (χ2n) is 3.37. The van der Waals surface area contributed by atoms with E-state index in [0.29, 0.717) is 0 Å². The van der Waals surface area contributed by atoms with Crippen molar-refractivity contribution in [2.45, 2.75) is 0 Å². The molecule has 66 valence electrons. The van der Waals surface area contributed by atoms with Gasteiger partial charge in [0.15, 0.2) is 0 Å². The van der Waals surface area contributed by atoms with E-state index in [1.807, 2.05) is 24.3 Å². The van der Waals surface area contributed by atoms with Gasteiger partial charge in [-0.25, -0.2) is 0 Å². The Hall–Kier alpha value is -0.625. The van der Waals surface area contributed by atoms with Gasteiger partial charge in [-0.3, -0.25) is 0 Å². The zero-order chi connectivity index (χ0) is 9.38. The topological polar surface area (TPSA) is 0 Å². The number of benzene rings is 3. The molecule has 0 radical (unpaired) electrons. The van der Waals surface area contributed by atoms with Crippen LogP contribution in [0.1, 0.15) is 0 Å². The normalized spacial score (nSPS) is 9.50. The summed E-state index contributed by atoms with van der Waals surface area (Å²) in [5, 5.41) is 4.78. The van der Waals surface area contributed by atoms with Gasteiger partial charge in [-0.15, -0.1) is 82.2 Å². The molecular formula is C14H8Li2. The molecule has 3 aromatic rings. The monoisotopic (exact) mass is 190 g/mol. The Morgan fingerprint density at radius 3 is 1.69 bits per heavy atom. The Kier molecular flexibility index (Phi) is 4.73. The van der Waals surface area contributed by atoms with Crippen LogP contribution in [0, 0.1) is 12.1 Å². The SMILES string of the molecule is [Li+].[Li+].[c-]1cccc2cc3ccc[c-]c3cc12. The third-order valence-corrected chi connectivity index (χ3v) is 2.44. The van der Waals surface area contributed by atoms with Gasteiger partial charge in [0.05, 0.1) is 0 Å². The van der Waals surface area contributed by atoms with Crippen molar-refractivity contribution in [1.82, 2.24) is 0 Å². The fraction of sp³-hybridized carbons (Fsp3) is 0. The zero-order valence-electron chi connectivity index (χ0n) is 9.62. The van der Waals surface area contributed by atoms with Crippen molar-refractivity contribution in [3.63, 3.8) is 0 Å². The predicted octanol–water partition coefficient (Wildman–Crippen LogP) is -2.40. The standard InChI is InChI=1S/C14H8.2Li/c1-2-6-12-10-14-8-4-3-7-13(14)9-11(12)5-1;;/h1-5,7,9-10H;;/q-2;2*+1. The van der Waals surface area contributed by atoms with E-state index in [1.165, 1.54) is 10.8 Å². The van der Waals surface area contributed by atoms with Gasteiger partial charge in [-0.05, 0) is 0 Å². The maximum atomic E-state index is 3.22. The Labute approximate surface area is 119 Å². The van der Waals surface area contributed by atoms with Gasteiger partial charge in [0.25, 0.3) is 0 Å². The van der Waals surface area contributed by atoms with Gasteiger partial charge in [0.2, 0.25) is 0 Å². The van der Waals surface area contributed by atoms with Crippen LogP contribution in [0.4, 0.5) is 0 Å². The molecule has 0 saturated carbocycles. The average molecular weight is 190 g/mol. The average Bonchev–Trinajstić information content (AvgIpc) is 2.26. The van der Waals surface area contributed by atoms with E-state index in [0.717, 1.165) is 10.8 Å². The van der Waals surface area contributed by atoms with E-state index in [9.17, 15) is 0 Å². The minimum Gasteiger partial charge on any atom is -0.147 e. The van der Waals surface area contributed by atoms with Crippen LogP contribution in [0.3, 0.4) is 0 Å². The van der Waals surface area contributed by atoms with Crippen molar-refractivity contribution in [2.24, 2.45) is 0 Å². The van der Waals surface area contributed by atoms with Crippen LogP contribution < -0.4 is 37.7 Å². The molecule has 0 aromatic heterocycles. The van der Waals surface area contributed by atoms with Gasteiger partial charge in [-0.2, -0.15) is 0 Å².